The van der Waals surface area contributed by atoms with Gasteiger partial charge >= 0.3 is 5.97 Å². The molecule has 1 heterocycles. The molecule has 0 spiro atoms. The molecular weight excluding hydrogens is 326 g/mol. The van der Waals surface area contributed by atoms with Gasteiger partial charge in [0.2, 0.25) is 0 Å². The molecule has 0 amide bonds. The fourth-order valence-corrected chi connectivity index (χ4v) is 3.75. The van der Waals surface area contributed by atoms with Crippen LogP contribution in [0.15, 0.2) is 18.2 Å². The van der Waals surface area contributed by atoms with Crippen molar-refractivity contribution in [3.63, 3.8) is 0 Å². The van der Waals surface area contributed by atoms with Crippen molar-refractivity contribution < 1.29 is 18.7 Å². The monoisotopic (exact) mass is 348 g/mol. The lowest BCUT2D eigenvalue weighted by Gasteiger charge is -2.23. The van der Waals surface area contributed by atoms with Gasteiger partial charge in [0.05, 0.1) is 18.7 Å². The van der Waals surface area contributed by atoms with E-state index in [1.54, 1.807) is 4.68 Å². The molecule has 0 radical (unpaired) electrons. The van der Waals surface area contributed by atoms with Crippen molar-refractivity contribution in [1.29, 1.82) is 0 Å². The Labute approximate surface area is 145 Å². The maximum absolute atomic E-state index is 13.5. The lowest BCUT2D eigenvalue weighted by molar-refractivity contribution is -0.137. The molecule has 0 aliphatic heterocycles. The summed E-state index contributed by atoms with van der Waals surface area (Å²) >= 11 is 0. The molecule has 6 heteroatoms. The van der Waals surface area contributed by atoms with E-state index in [4.69, 9.17) is 0 Å². The zero-order chi connectivity index (χ0) is 18.1. The Kier molecular flexibility index (Phi) is 4.88. The number of carbonyl (C=O) groups is 1. The van der Waals surface area contributed by atoms with Crippen LogP contribution in [0.4, 0.5) is 8.78 Å². The van der Waals surface area contributed by atoms with Gasteiger partial charge in [-0.2, -0.15) is 5.10 Å². The molecule has 4 nitrogen and oxygen atoms in total. The minimum absolute atomic E-state index is 0.0448. The molecule has 1 aromatic heterocycles. The first kappa shape index (κ1) is 17.6. The molecule has 1 N–H and O–H groups in total. The minimum atomic E-state index is -0.812. The van der Waals surface area contributed by atoms with Crippen molar-refractivity contribution >= 4 is 5.97 Å². The molecule has 25 heavy (non-hydrogen) atoms. The molecule has 1 aliphatic carbocycles. The van der Waals surface area contributed by atoms with Crippen molar-refractivity contribution in [1.82, 2.24) is 9.78 Å². The highest BCUT2D eigenvalue weighted by Gasteiger charge is 2.30. The van der Waals surface area contributed by atoms with Crippen LogP contribution >= 0.6 is 0 Å². The Hall–Kier alpha value is -2.24. The summed E-state index contributed by atoms with van der Waals surface area (Å²) in [5.41, 5.74) is 3.45. The van der Waals surface area contributed by atoms with Gasteiger partial charge < -0.3 is 5.11 Å². The summed E-state index contributed by atoms with van der Waals surface area (Å²) in [6.45, 7) is 4.34. The van der Waals surface area contributed by atoms with Crippen LogP contribution in [-0.2, 0) is 17.8 Å². The normalized spacial score (nSPS) is 16.9. The molecule has 1 atom stereocenters. The summed E-state index contributed by atoms with van der Waals surface area (Å²) in [6.07, 6.45) is 2.63. The molecule has 1 aromatic carbocycles. The third kappa shape index (κ3) is 3.72. The summed E-state index contributed by atoms with van der Waals surface area (Å²) in [7, 11) is 0. The number of hydrogen-bond donors (Lipinski definition) is 1. The van der Waals surface area contributed by atoms with Gasteiger partial charge in [-0.05, 0) is 48.8 Å². The minimum Gasteiger partial charge on any atom is -0.481 e. The van der Waals surface area contributed by atoms with Crippen LogP contribution in [0.25, 0.3) is 0 Å². The average Bonchev–Trinajstić information content (AvgIpc) is 2.86. The van der Waals surface area contributed by atoms with Gasteiger partial charge in [-0.3, -0.25) is 9.48 Å². The summed E-state index contributed by atoms with van der Waals surface area (Å²) < 4.78 is 28.7. The topological polar surface area (TPSA) is 55.1 Å². The van der Waals surface area contributed by atoms with E-state index in [2.05, 4.69) is 5.10 Å². The van der Waals surface area contributed by atoms with Crippen LogP contribution in [0.5, 0.6) is 0 Å². The highest BCUT2D eigenvalue weighted by molar-refractivity contribution is 5.68. The van der Waals surface area contributed by atoms with Crippen molar-refractivity contribution in [2.75, 3.05) is 0 Å². The Morgan fingerprint density at radius 3 is 2.60 bits per heavy atom. The molecule has 0 saturated carbocycles. The van der Waals surface area contributed by atoms with E-state index < -0.39 is 17.6 Å². The van der Waals surface area contributed by atoms with Crippen LogP contribution in [0.3, 0.4) is 0 Å². The molecule has 0 bridgehead atoms. The molecule has 1 unspecified atom stereocenters. The first-order valence-corrected chi connectivity index (χ1v) is 8.61. The standard InChI is InChI=1S/C19H22F2N2O2/c1-11(2)19-18-13(8-17(24)25)4-3-5-16(18)23(22-19)10-12-6-14(20)9-15(21)7-12/h6-7,9,11,13H,3-5,8,10H2,1-2H3,(H,24,25). The number of carboxylic acid groups (broad SMARTS) is 1. The lowest BCUT2D eigenvalue weighted by Crippen LogP contribution is -2.16. The van der Waals surface area contributed by atoms with Gasteiger partial charge in [0.25, 0.3) is 0 Å². The van der Waals surface area contributed by atoms with Crippen molar-refractivity contribution in [3.8, 4) is 0 Å². The lowest BCUT2D eigenvalue weighted by atomic mass is 9.81. The molecule has 0 saturated heterocycles. The number of nitrogens with zero attached hydrogens (tertiary/aromatic N) is 2. The van der Waals surface area contributed by atoms with Gasteiger partial charge in [0.1, 0.15) is 11.6 Å². The Morgan fingerprint density at radius 1 is 1.32 bits per heavy atom. The Morgan fingerprint density at radius 2 is 2.00 bits per heavy atom. The Bertz CT molecular complexity index is 779. The predicted molar refractivity (Wildman–Crippen MR) is 89.7 cm³/mol. The first-order chi connectivity index (χ1) is 11.8. The fourth-order valence-electron chi connectivity index (χ4n) is 3.75. The molecule has 0 fully saturated rings. The van der Waals surface area contributed by atoms with Crippen LogP contribution in [0, 0.1) is 11.6 Å². The van der Waals surface area contributed by atoms with Crippen molar-refractivity contribution in [3.05, 3.63) is 52.3 Å². The van der Waals surface area contributed by atoms with Gasteiger partial charge in [-0.25, -0.2) is 8.78 Å². The van der Waals surface area contributed by atoms with E-state index in [1.807, 2.05) is 13.8 Å². The average molecular weight is 348 g/mol. The second-order valence-electron chi connectivity index (χ2n) is 7.02. The highest BCUT2D eigenvalue weighted by atomic mass is 19.1. The summed E-state index contributed by atoms with van der Waals surface area (Å²) in [6, 6.07) is 3.47. The number of aromatic nitrogens is 2. The molecule has 3 rings (SSSR count). The van der Waals surface area contributed by atoms with E-state index in [0.717, 1.165) is 42.3 Å². The van der Waals surface area contributed by atoms with E-state index in [0.29, 0.717) is 5.56 Å². The van der Waals surface area contributed by atoms with Crippen LogP contribution in [0.2, 0.25) is 0 Å². The number of carboxylic acids is 1. The summed E-state index contributed by atoms with van der Waals surface area (Å²) in [5.74, 6) is -1.91. The van der Waals surface area contributed by atoms with E-state index in [9.17, 15) is 18.7 Å². The van der Waals surface area contributed by atoms with Gasteiger partial charge in [0.15, 0.2) is 0 Å². The zero-order valence-corrected chi connectivity index (χ0v) is 14.4. The summed E-state index contributed by atoms with van der Waals surface area (Å²) in [4.78, 5) is 11.2. The van der Waals surface area contributed by atoms with E-state index >= 15 is 0 Å². The van der Waals surface area contributed by atoms with Crippen molar-refractivity contribution in [2.24, 2.45) is 0 Å². The molecular formula is C19H22F2N2O2. The second kappa shape index (κ2) is 6.94. The fraction of sp³-hybridized carbons (Fsp3) is 0.474. The first-order valence-electron chi connectivity index (χ1n) is 8.61. The van der Waals surface area contributed by atoms with Crippen LogP contribution in [0.1, 0.15) is 67.5 Å². The van der Waals surface area contributed by atoms with Crippen LogP contribution < -0.4 is 0 Å². The van der Waals surface area contributed by atoms with Gasteiger partial charge in [-0.1, -0.05) is 13.8 Å². The summed E-state index contributed by atoms with van der Waals surface area (Å²) in [5, 5.41) is 13.9. The zero-order valence-electron chi connectivity index (χ0n) is 14.4. The third-order valence-electron chi connectivity index (χ3n) is 4.72. The maximum Gasteiger partial charge on any atom is 0.303 e. The highest BCUT2D eigenvalue weighted by Crippen LogP contribution is 2.39. The molecule has 2 aromatic rings. The number of aliphatic carboxylic acids is 1. The number of hydrogen-bond acceptors (Lipinski definition) is 2. The number of halogens is 2. The van der Waals surface area contributed by atoms with Gasteiger partial charge in [-0.15, -0.1) is 0 Å². The van der Waals surface area contributed by atoms with Gasteiger partial charge in [0, 0.05) is 17.3 Å². The second-order valence-corrected chi connectivity index (χ2v) is 7.02. The predicted octanol–water partition coefficient (Wildman–Crippen LogP) is 4.23. The number of benzene rings is 1. The third-order valence-corrected chi connectivity index (χ3v) is 4.72. The Balaban J connectivity index is 2.02. The van der Waals surface area contributed by atoms with Crippen LogP contribution in [-0.4, -0.2) is 20.9 Å². The SMILES string of the molecule is CC(C)c1nn(Cc2cc(F)cc(F)c2)c2c1C(CC(=O)O)CCC2. The van der Waals surface area contributed by atoms with E-state index in [-0.39, 0.29) is 24.8 Å². The van der Waals surface area contributed by atoms with E-state index in [1.165, 1.54) is 12.1 Å². The smallest absolute Gasteiger partial charge is 0.303 e. The largest absolute Gasteiger partial charge is 0.481 e. The molecule has 134 valence electrons. The quantitative estimate of drug-likeness (QED) is 0.880. The maximum atomic E-state index is 13.5. The number of fused-ring (bicyclic) bond motifs is 1. The number of rotatable bonds is 5. The van der Waals surface area contributed by atoms with Crippen molar-refractivity contribution in [2.45, 2.75) is 57.9 Å². The molecule has 1 aliphatic rings.